The number of rotatable bonds is 5. The molecule has 0 spiro atoms. The molecule has 34 heavy (non-hydrogen) atoms. The van der Waals surface area contributed by atoms with E-state index >= 15 is 0 Å². The van der Waals surface area contributed by atoms with Gasteiger partial charge in [0, 0.05) is 23.8 Å². The number of benzene rings is 3. The van der Waals surface area contributed by atoms with E-state index in [1.165, 1.54) is 12.1 Å². The van der Waals surface area contributed by atoms with Crippen LogP contribution in [0.4, 0.5) is 5.69 Å². The number of allylic oxidation sites excluding steroid dienone is 1. The average Bonchev–Trinajstić information content (AvgIpc) is 3.28. The summed E-state index contributed by atoms with van der Waals surface area (Å²) >= 11 is 6.51. The Bertz CT molecular complexity index is 1380. The molecule has 5 rings (SSSR count). The summed E-state index contributed by atoms with van der Waals surface area (Å²) in [6.07, 6.45) is 0. The van der Waals surface area contributed by atoms with E-state index in [0.29, 0.717) is 33.6 Å². The summed E-state index contributed by atoms with van der Waals surface area (Å²) in [4.78, 5) is 10.3. The second-order valence-corrected chi connectivity index (χ2v) is 7.98. The highest BCUT2D eigenvalue weighted by Crippen LogP contribution is 2.48. The standard InChI is InChI=1S/C24H16ClN3O6/c25-18-7-14(3-6-19(18)31-11-13-1-4-15(5-2-13)28(29)30)23-16-8-21-22(33-12-32-21)9-20(16)34-24(27)17(23)10-26/h1-9,23H,11-12,27H2/t23-/m0/s1. The van der Waals surface area contributed by atoms with Crippen LogP contribution >= 0.6 is 11.6 Å². The molecule has 2 N–H and O–H groups in total. The van der Waals surface area contributed by atoms with Gasteiger partial charge in [0.25, 0.3) is 5.69 Å². The highest BCUT2D eigenvalue weighted by Gasteiger charge is 2.33. The molecule has 0 amide bonds. The number of nitriles is 1. The number of ether oxygens (including phenoxy) is 4. The van der Waals surface area contributed by atoms with Crippen molar-refractivity contribution in [3.8, 4) is 29.1 Å². The van der Waals surface area contributed by atoms with Crippen LogP contribution in [0.3, 0.4) is 0 Å². The molecule has 2 heterocycles. The van der Waals surface area contributed by atoms with Crippen LogP contribution in [0.1, 0.15) is 22.6 Å². The first-order valence-electron chi connectivity index (χ1n) is 10.1. The van der Waals surface area contributed by atoms with Crippen molar-refractivity contribution in [1.82, 2.24) is 0 Å². The maximum Gasteiger partial charge on any atom is 0.269 e. The monoisotopic (exact) mass is 477 g/mol. The molecule has 0 aliphatic carbocycles. The molecule has 3 aromatic rings. The molecule has 10 heteroatoms. The Morgan fingerprint density at radius 2 is 1.85 bits per heavy atom. The van der Waals surface area contributed by atoms with Crippen LogP contribution in [0.25, 0.3) is 0 Å². The van der Waals surface area contributed by atoms with Gasteiger partial charge >= 0.3 is 0 Å². The maximum absolute atomic E-state index is 10.8. The lowest BCUT2D eigenvalue weighted by molar-refractivity contribution is -0.384. The van der Waals surface area contributed by atoms with Gasteiger partial charge in [-0.05, 0) is 41.5 Å². The summed E-state index contributed by atoms with van der Waals surface area (Å²) in [7, 11) is 0. The first-order chi connectivity index (χ1) is 16.4. The van der Waals surface area contributed by atoms with E-state index in [-0.39, 0.29) is 30.5 Å². The molecule has 0 saturated heterocycles. The van der Waals surface area contributed by atoms with Crippen LogP contribution in [0.5, 0.6) is 23.0 Å². The number of non-ortho nitro benzene ring substituents is 1. The van der Waals surface area contributed by atoms with Crippen LogP contribution in [-0.2, 0) is 6.61 Å². The van der Waals surface area contributed by atoms with Gasteiger partial charge in [0.2, 0.25) is 12.7 Å². The molecule has 170 valence electrons. The second-order valence-electron chi connectivity index (χ2n) is 7.57. The number of fused-ring (bicyclic) bond motifs is 2. The van der Waals surface area contributed by atoms with E-state index in [2.05, 4.69) is 6.07 Å². The van der Waals surface area contributed by atoms with Gasteiger partial charge in [-0.3, -0.25) is 10.1 Å². The van der Waals surface area contributed by atoms with Crippen LogP contribution in [0.15, 0.2) is 66.1 Å². The zero-order valence-electron chi connectivity index (χ0n) is 17.5. The van der Waals surface area contributed by atoms with Crippen molar-refractivity contribution in [1.29, 1.82) is 5.26 Å². The first kappa shape index (κ1) is 21.4. The van der Waals surface area contributed by atoms with Crippen molar-refractivity contribution in [2.75, 3.05) is 6.79 Å². The van der Waals surface area contributed by atoms with Crippen LogP contribution in [-0.4, -0.2) is 11.7 Å². The molecule has 0 radical (unpaired) electrons. The Morgan fingerprint density at radius 1 is 1.12 bits per heavy atom. The Hall–Kier alpha value is -4.42. The lowest BCUT2D eigenvalue weighted by Gasteiger charge is -2.27. The summed E-state index contributed by atoms with van der Waals surface area (Å²) in [6.45, 7) is 0.278. The van der Waals surface area contributed by atoms with E-state index < -0.39 is 10.8 Å². The average molecular weight is 478 g/mol. The van der Waals surface area contributed by atoms with Crippen molar-refractivity contribution in [2.24, 2.45) is 5.73 Å². The molecule has 0 unspecified atom stereocenters. The third-order valence-corrected chi connectivity index (χ3v) is 5.84. The zero-order chi connectivity index (χ0) is 23.8. The van der Waals surface area contributed by atoms with E-state index in [4.69, 9.17) is 36.3 Å². The lowest BCUT2D eigenvalue weighted by Crippen LogP contribution is -2.21. The highest BCUT2D eigenvalue weighted by atomic mass is 35.5. The number of hydrogen-bond donors (Lipinski definition) is 1. The number of hydrogen-bond acceptors (Lipinski definition) is 8. The van der Waals surface area contributed by atoms with Crippen molar-refractivity contribution in [3.05, 3.63) is 97.9 Å². The van der Waals surface area contributed by atoms with E-state index in [1.54, 1.807) is 42.5 Å². The number of nitrogens with zero attached hydrogens (tertiary/aromatic N) is 2. The quantitative estimate of drug-likeness (QED) is 0.410. The molecule has 9 nitrogen and oxygen atoms in total. The van der Waals surface area contributed by atoms with Crippen LogP contribution in [0.2, 0.25) is 5.02 Å². The minimum absolute atomic E-state index is 0.00566. The van der Waals surface area contributed by atoms with Crippen LogP contribution in [0, 0.1) is 21.4 Å². The van der Waals surface area contributed by atoms with Gasteiger partial charge in [-0.25, -0.2) is 0 Å². The van der Waals surface area contributed by atoms with Gasteiger partial charge in [-0.2, -0.15) is 5.26 Å². The van der Waals surface area contributed by atoms with Gasteiger partial charge in [-0.15, -0.1) is 0 Å². The molecule has 0 aromatic heterocycles. The largest absolute Gasteiger partial charge is 0.487 e. The van der Waals surface area contributed by atoms with Crippen molar-refractivity contribution < 1.29 is 23.9 Å². The van der Waals surface area contributed by atoms with Gasteiger partial charge in [0.15, 0.2) is 11.5 Å². The molecule has 0 fully saturated rings. The Morgan fingerprint density at radius 3 is 2.53 bits per heavy atom. The first-order valence-corrected chi connectivity index (χ1v) is 10.5. The van der Waals surface area contributed by atoms with Crippen molar-refractivity contribution in [2.45, 2.75) is 12.5 Å². The summed E-state index contributed by atoms with van der Waals surface area (Å²) in [6, 6.07) is 16.9. The highest BCUT2D eigenvalue weighted by molar-refractivity contribution is 6.32. The number of nitro benzene ring substituents is 1. The zero-order valence-corrected chi connectivity index (χ0v) is 18.2. The lowest BCUT2D eigenvalue weighted by atomic mass is 9.83. The van der Waals surface area contributed by atoms with Crippen LogP contribution < -0.4 is 24.7 Å². The number of nitro groups is 1. The van der Waals surface area contributed by atoms with Gasteiger partial charge in [-0.1, -0.05) is 17.7 Å². The molecule has 3 aromatic carbocycles. The topological polar surface area (TPSA) is 130 Å². The summed E-state index contributed by atoms with van der Waals surface area (Å²) in [5, 5.41) is 20.9. The Labute approximate surface area is 198 Å². The third-order valence-electron chi connectivity index (χ3n) is 5.54. The fourth-order valence-corrected chi connectivity index (χ4v) is 4.12. The predicted molar refractivity (Wildman–Crippen MR) is 121 cm³/mol. The molecular weight excluding hydrogens is 462 g/mol. The van der Waals surface area contributed by atoms with E-state index in [9.17, 15) is 15.4 Å². The van der Waals surface area contributed by atoms with E-state index in [1.807, 2.05) is 0 Å². The predicted octanol–water partition coefficient (Wildman–Crippen LogP) is 4.77. The van der Waals surface area contributed by atoms with Gasteiger partial charge in [0.05, 0.1) is 15.9 Å². The molecule has 0 saturated carbocycles. The number of nitrogens with two attached hydrogens (primary N) is 1. The van der Waals surface area contributed by atoms with Gasteiger partial charge < -0.3 is 24.7 Å². The third kappa shape index (κ3) is 3.80. The normalized spacial score (nSPS) is 15.8. The molecular formula is C24H16ClN3O6. The molecule has 2 aliphatic rings. The Kier molecular flexibility index (Phi) is 5.36. The Balaban J connectivity index is 1.43. The maximum atomic E-state index is 10.8. The summed E-state index contributed by atoms with van der Waals surface area (Å²) in [5.74, 6) is 1.48. The summed E-state index contributed by atoms with van der Waals surface area (Å²) in [5.41, 5.74) is 8.48. The van der Waals surface area contributed by atoms with Crippen molar-refractivity contribution in [3.63, 3.8) is 0 Å². The van der Waals surface area contributed by atoms with E-state index in [0.717, 1.165) is 11.1 Å². The van der Waals surface area contributed by atoms with Gasteiger partial charge in [0.1, 0.15) is 29.7 Å². The second kappa shape index (κ2) is 8.50. The number of halogens is 1. The smallest absolute Gasteiger partial charge is 0.269 e. The molecule has 1 atom stereocenters. The molecule has 2 aliphatic heterocycles. The minimum Gasteiger partial charge on any atom is -0.487 e. The summed E-state index contributed by atoms with van der Waals surface area (Å²) < 4.78 is 22.4. The SMILES string of the molecule is N#CC1=C(N)Oc2cc3c(cc2[C@@H]1c1ccc(OCc2ccc([N+](=O)[O-])cc2)c(Cl)c1)OCO3. The minimum atomic E-state index is -0.524. The fourth-order valence-electron chi connectivity index (χ4n) is 3.88. The van der Waals surface area contributed by atoms with Crippen molar-refractivity contribution >= 4 is 17.3 Å². The fraction of sp³-hybridized carbons (Fsp3) is 0.125. The molecule has 0 bridgehead atoms.